The van der Waals surface area contributed by atoms with Crippen molar-refractivity contribution in [3.8, 4) is 0 Å². The maximum atomic E-state index is 12.3. The maximum Gasteiger partial charge on any atom is 0.242 e. The molecule has 0 saturated carbocycles. The summed E-state index contributed by atoms with van der Waals surface area (Å²) in [6.45, 7) is 8.49. The molecule has 6 nitrogen and oxygen atoms in total. The van der Waals surface area contributed by atoms with Gasteiger partial charge < -0.3 is 20.3 Å². The second-order valence-electron chi connectivity index (χ2n) is 6.28. The van der Waals surface area contributed by atoms with E-state index in [4.69, 9.17) is 4.74 Å². The first-order valence-corrected chi connectivity index (χ1v) is 9.12. The number of aryl methyl sites for hydroxylation is 1. The Kier molecular flexibility index (Phi) is 8.25. The van der Waals surface area contributed by atoms with E-state index >= 15 is 0 Å². The zero-order chi connectivity index (χ0) is 17.9. The molecule has 1 heterocycles. The molecule has 0 unspecified atom stereocenters. The molecular weight excluding hydrogens is 316 g/mol. The Hall–Kier alpha value is -2.08. The number of carbonyl (C=O) groups excluding carboxylic acids is 1. The third kappa shape index (κ3) is 7.13. The summed E-state index contributed by atoms with van der Waals surface area (Å²) in [5, 5.41) is 6.47. The minimum Gasteiger partial charge on any atom is -0.378 e. The number of benzene rings is 1. The van der Waals surface area contributed by atoms with E-state index < -0.39 is 0 Å². The molecule has 0 atom stereocenters. The van der Waals surface area contributed by atoms with Crippen molar-refractivity contribution in [3.05, 3.63) is 35.4 Å². The van der Waals surface area contributed by atoms with Gasteiger partial charge in [-0.05, 0) is 18.9 Å². The fourth-order valence-electron chi connectivity index (χ4n) is 2.51. The van der Waals surface area contributed by atoms with Crippen LogP contribution in [0.15, 0.2) is 29.3 Å². The lowest BCUT2D eigenvalue weighted by molar-refractivity contribution is -0.134. The van der Waals surface area contributed by atoms with Crippen LogP contribution < -0.4 is 10.6 Å². The Bertz CT molecular complexity index is 551. The highest BCUT2D eigenvalue weighted by molar-refractivity contribution is 5.86. The van der Waals surface area contributed by atoms with E-state index in [1.54, 1.807) is 0 Å². The lowest BCUT2D eigenvalue weighted by Gasteiger charge is -2.27. The number of hydrogen-bond donors (Lipinski definition) is 2. The van der Waals surface area contributed by atoms with Gasteiger partial charge in [0, 0.05) is 19.6 Å². The Balaban J connectivity index is 1.88. The molecule has 0 bridgehead atoms. The van der Waals surface area contributed by atoms with Crippen molar-refractivity contribution in [2.24, 2.45) is 4.99 Å². The summed E-state index contributed by atoms with van der Waals surface area (Å²) in [7, 11) is 0. The molecule has 6 heteroatoms. The number of morpholine rings is 1. The van der Waals surface area contributed by atoms with Crippen LogP contribution in [0.1, 0.15) is 30.9 Å². The zero-order valence-corrected chi connectivity index (χ0v) is 15.4. The fourth-order valence-corrected chi connectivity index (χ4v) is 2.51. The van der Waals surface area contributed by atoms with Crippen LogP contribution in [0.2, 0.25) is 0 Å². The van der Waals surface area contributed by atoms with Crippen molar-refractivity contribution in [1.29, 1.82) is 0 Å². The van der Waals surface area contributed by atoms with Crippen molar-refractivity contribution >= 4 is 11.9 Å². The van der Waals surface area contributed by atoms with Gasteiger partial charge in [-0.15, -0.1) is 0 Å². The minimum atomic E-state index is 0.0867. The lowest BCUT2D eigenvalue weighted by atomic mass is 10.1. The standard InChI is InChI=1S/C19H30N4O2/c1-3-4-9-20-19(21-14-17-7-5-16(2)6-8-17)22-15-18(24)23-10-12-25-13-11-23/h5-8H,3-4,9-15H2,1-2H3,(H2,20,21,22). The number of nitrogens with zero attached hydrogens (tertiary/aromatic N) is 2. The molecule has 1 saturated heterocycles. The van der Waals surface area contributed by atoms with Crippen LogP contribution in [0.5, 0.6) is 0 Å². The number of carbonyl (C=O) groups is 1. The quantitative estimate of drug-likeness (QED) is 0.448. The van der Waals surface area contributed by atoms with Gasteiger partial charge >= 0.3 is 0 Å². The molecule has 25 heavy (non-hydrogen) atoms. The fraction of sp³-hybridized carbons (Fsp3) is 0.579. The number of hydrogen-bond acceptors (Lipinski definition) is 3. The van der Waals surface area contributed by atoms with E-state index in [1.165, 1.54) is 5.56 Å². The molecule has 138 valence electrons. The van der Waals surface area contributed by atoms with Crippen molar-refractivity contribution in [2.75, 3.05) is 39.4 Å². The number of nitrogens with one attached hydrogen (secondary N) is 2. The SMILES string of the molecule is CCCCNC(=NCc1ccc(C)cc1)NCC(=O)N1CCOCC1. The van der Waals surface area contributed by atoms with Gasteiger partial charge in [-0.3, -0.25) is 4.79 Å². The Morgan fingerprint density at radius 2 is 1.92 bits per heavy atom. The largest absolute Gasteiger partial charge is 0.378 e. The molecule has 0 aromatic heterocycles. The monoisotopic (exact) mass is 346 g/mol. The molecule has 0 radical (unpaired) electrons. The molecule has 1 aromatic carbocycles. The van der Waals surface area contributed by atoms with Crippen LogP contribution >= 0.6 is 0 Å². The predicted octanol–water partition coefficient (Wildman–Crippen LogP) is 1.69. The molecule has 1 aliphatic heterocycles. The van der Waals surface area contributed by atoms with Gasteiger partial charge in [-0.1, -0.05) is 43.2 Å². The normalized spacial score (nSPS) is 15.1. The van der Waals surface area contributed by atoms with E-state index in [9.17, 15) is 4.79 Å². The Morgan fingerprint density at radius 3 is 2.60 bits per heavy atom. The summed E-state index contributed by atoms with van der Waals surface area (Å²) in [5.74, 6) is 0.777. The van der Waals surface area contributed by atoms with Gasteiger partial charge in [-0.25, -0.2) is 4.99 Å². The van der Waals surface area contributed by atoms with Crippen molar-refractivity contribution in [3.63, 3.8) is 0 Å². The minimum absolute atomic E-state index is 0.0867. The second-order valence-corrected chi connectivity index (χ2v) is 6.28. The summed E-state index contributed by atoms with van der Waals surface area (Å²) in [6.07, 6.45) is 2.19. The zero-order valence-electron chi connectivity index (χ0n) is 15.4. The van der Waals surface area contributed by atoms with Gasteiger partial charge in [0.15, 0.2) is 5.96 Å². The summed E-state index contributed by atoms with van der Waals surface area (Å²) >= 11 is 0. The van der Waals surface area contributed by atoms with E-state index in [0.717, 1.165) is 24.9 Å². The summed E-state index contributed by atoms with van der Waals surface area (Å²) < 4.78 is 5.29. The first-order chi connectivity index (χ1) is 12.2. The Labute approximate surface area is 150 Å². The number of guanidine groups is 1. The van der Waals surface area contributed by atoms with Crippen molar-refractivity contribution < 1.29 is 9.53 Å². The predicted molar refractivity (Wildman–Crippen MR) is 101 cm³/mol. The molecule has 2 rings (SSSR count). The third-order valence-electron chi connectivity index (χ3n) is 4.13. The number of rotatable bonds is 7. The molecular formula is C19H30N4O2. The molecule has 1 aliphatic rings. The highest BCUT2D eigenvalue weighted by atomic mass is 16.5. The highest BCUT2D eigenvalue weighted by Crippen LogP contribution is 2.04. The van der Waals surface area contributed by atoms with E-state index in [0.29, 0.717) is 38.8 Å². The van der Waals surface area contributed by atoms with E-state index in [2.05, 4.69) is 53.7 Å². The van der Waals surface area contributed by atoms with E-state index in [1.807, 2.05) is 4.90 Å². The van der Waals surface area contributed by atoms with Crippen molar-refractivity contribution in [2.45, 2.75) is 33.2 Å². The van der Waals surface area contributed by atoms with Crippen molar-refractivity contribution in [1.82, 2.24) is 15.5 Å². The van der Waals surface area contributed by atoms with Crippen LogP contribution in [0, 0.1) is 6.92 Å². The third-order valence-corrected chi connectivity index (χ3v) is 4.13. The molecule has 0 aliphatic carbocycles. The number of amides is 1. The molecule has 1 amide bonds. The average molecular weight is 346 g/mol. The summed E-state index contributed by atoms with van der Waals surface area (Å²) in [5.41, 5.74) is 2.39. The topological polar surface area (TPSA) is 66.0 Å². The smallest absolute Gasteiger partial charge is 0.242 e. The number of unbranched alkanes of at least 4 members (excludes halogenated alkanes) is 1. The highest BCUT2D eigenvalue weighted by Gasteiger charge is 2.16. The Morgan fingerprint density at radius 1 is 1.20 bits per heavy atom. The van der Waals surface area contributed by atoms with Crippen LogP contribution in [-0.2, 0) is 16.1 Å². The summed E-state index contributed by atoms with van der Waals surface area (Å²) in [6, 6.07) is 8.34. The van der Waals surface area contributed by atoms with Gasteiger partial charge in [0.1, 0.15) is 0 Å². The summed E-state index contributed by atoms with van der Waals surface area (Å²) in [4.78, 5) is 18.7. The number of aliphatic imine (C=N–C) groups is 1. The maximum absolute atomic E-state index is 12.3. The molecule has 2 N–H and O–H groups in total. The molecule has 0 spiro atoms. The van der Waals surface area contributed by atoms with Gasteiger partial charge in [0.25, 0.3) is 0 Å². The number of ether oxygens (including phenoxy) is 1. The van der Waals surface area contributed by atoms with Crippen LogP contribution in [-0.4, -0.2) is 56.2 Å². The van der Waals surface area contributed by atoms with Gasteiger partial charge in [0.2, 0.25) is 5.91 Å². The average Bonchev–Trinajstić information content (AvgIpc) is 2.65. The van der Waals surface area contributed by atoms with Gasteiger partial charge in [0.05, 0.1) is 26.3 Å². The first kappa shape index (κ1) is 19.2. The van der Waals surface area contributed by atoms with Crippen LogP contribution in [0.3, 0.4) is 0 Å². The molecule has 1 fully saturated rings. The van der Waals surface area contributed by atoms with Gasteiger partial charge in [-0.2, -0.15) is 0 Å². The lowest BCUT2D eigenvalue weighted by Crippen LogP contribution is -2.48. The van der Waals surface area contributed by atoms with Crippen LogP contribution in [0.25, 0.3) is 0 Å². The second kappa shape index (κ2) is 10.7. The van der Waals surface area contributed by atoms with E-state index in [-0.39, 0.29) is 12.5 Å². The molecule has 1 aromatic rings. The van der Waals surface area contributed by atoms with Crippen LogP contribution in [0.4, 0.5) is 0 Å². The first-order valence-electron chi connectivity index (χ1n) is 9.12.